The van der Waals surface area contributed by atoms with E-state index in [1.165, 1.54) is 12.1 Å². The standard InChI is InChI=1S/C15H22F2N2OS/c1-4-10(5-2)19(8-9-20-3)12-7-6-11(15(18)21)13(16)14(12)17/h6-7,10H,4-5,8-9H2,1-3H3,(H2,18,21). The predicted octanol–water partition coefficient (Wildman–Crippen LogP) is 3.24. The summed E-state index contributed by atoms with van der Waals surface area (Å²) in [5.74, 6) is -1.91. The summed E-state index contributed by atoms with van der Waals surface area (Å²) in [7, 11) is 1.58. The topological polar surface area (TPSA) is 38.5 Å². The van der Waals surface area contributed by atoms with Gasteiger partial charge in [-0.1, -0.05) is 26.1 Å². The number of ether oxygens (including phenoxy) is 1. The molecule has 0 saturated heterocycles. The van der Waals surface area contributed by atoms with Crippen LogP contribution < -0.4 is 10.6 Å². The van der Waals surface area contributed by atoms with Crippen molar-refractivity contribution in [1.82, 2.24) is 0 Å². The van der Waals surface area contributed by atoms with Crippen LogP contribution in [0.5, 0.6) is 0 Å². The lowest BCUT2D eigenvalue weighted by atomic mass is 10.1. The van der Waals surface area contributed by atoms with E-state index in [0.717, 1.165) is 12.8 Å². The Morgan fingerprint density at radius 3 is 2.38 bits per heavy atom. The Morgan fingerprint density at radius 2 is 1.90 bits per heavy atom. The van der Waals surface area contributed by atoms with Crippen molar-refractivity contribution in [2.24, 2.45) is 5.73 Å². The number of halogens is 2. The number of hydrogen-bond acceptors (Lipinski definition) is 3. The zero-order chi connectivity index (χ0) is 16.0. The van der Waals surface area contributed by atoms with Gasteiger partial charge >= 0.3 is 0 Å². The van der Waals surface area contributed by atoms with E-state index in [0.29, 0.717) is 13.2 Å². The van der Waals surface area contributed by atoms with E-state index >= 15 is 0 Å². The van der Waals surface area contributed by atoms with Gasteiger partial charge in [0.05, 0.1) is 12.3 Å². The van der Waals surface area contributed by atoms with Crippen molar-refractivity contribution in [2.75, 3.05) is 25.2 Å². The van der Waals surface area contributed by atoms with E-state index in [2.05, 4.69) is 0 Å². The number of rotatable bonds is 8. The van der Waals surface area contributed by atoms with Crippen LogP contribution in [0.15, 0.2) is 12.1 Å². The van der Waals surface area contributed by atoms with Crippen molar-refractivity contribution in [3.05, 3.63) is 29.3 Å². The van der Waals surface area contributed by atoms with E-state index in [1.807, 2.05) is 18.7 Å². The van der Waals surface area contributed by atoms with Crippen molar-refractivity contribution in [3.63, 3.8) is 0 Å². The summed E-state index contributed by atoms with van der Waals surface area (Å²) < 4.78 is 33.5. The fourth-order valence-corrected chi connectivity index (χ4v) is 2.53. The average Bonchev–Trinajstić information content (AvgIpc) is 2.46. The molecule has 6 heteroatoms. The van der Waals surface area contributed by atoms with E-state index in [4.69, 9.17) is 22.7 Å². The van der Waals surface area contributed by atoms with Gasteiger partial charge in [-0.05, 0) is 25.0 Å². The van der Waals surface area contributed by atoms with Crippen LogP contribution in [0, 0.1) is 11.6 Å². The molecule has 21 heavy (non-hydrogen) atoms. The Balaban J connectivity index is 3.24. The summed E-state index contributed by atoms with van der Waals surface area (Å²) in [5, 5.41) is 0. The Morgan fingerprint density at radius 1 is 1.29 bits per heavy atom. The van der Waals surface area contributed by atoms with Gasteiger partial charge in [0.2, 0.25) is 0 Å². The highest BCUT2D eigenvalue weighted by Crippen LogP contribution is 2.27. The molecule has 0 aromatic heterocycles. The summed E-state index contributed by atoms with van der Waals surface area (Å²) in [6.07, 6.45) is 1.66. The zero-order valence-corrected chi connectivity index (χ0v) is 13.5. The van der Waals surface area contributed by atoms with Crippen molar-refractivity contribution in [1.29, 1.82) is 0 Å². The largest absolute Gasteiger partial charge is 0.389 e. The first-order valence-corrected chi connectivity index (χ1v) is 7.42. The fourth-order valence-electron chi connectivity index (χ4n) is 2.37. The Bertz CT molecular complexity index is 493. The summed E-state index contributed by atoms with van der Waals surface area (Å²) >= 11 is 4.72. The highest BCUT2D eigenvalue weighted by atomic mass is 32.1. The molecule has 118 valence electrons. The molecule has 1 aromatic rings. The van der Waals surface area contributed by atoms with Crippen molar-refractivity contribution in [2.45, 2.75) is 32.7 Å². The van der Waals surface area contributed by atoms with Crippen molar-refractivity contribution >= 4 is 22.9 Å². The molecule has 0 spiro atoms. The molecule has 0 unspecified atom stereocenters. The number of benzene rings is 1. The van der Waals surface area contributed by atoms with Gasteiger partial charge in [-0.15, -0.1) is 0 Å². The summed E-state index contributed by atoms with van der Waals surface area (Å²) in [5.41, 5.74) is 5.55. The number of nitrogens with zero attached hydrogens (tertiary/aromatic N) is 1. The zero-order valence-electron chi connectivity index (χ0n) is 12.7. The summed E-state index contributed by atoms with van der Waals surface area (Å²) in [4.78, 5) is 1.69. The van der Waals surface area contributed by atoms with Crippen LogP contribution in [0.1, 0.15) is 32.3 Å². The van der Waals surface area contributed by atoms with Gasteiger partial charge in [-0.25, -0.2) is 8.78 Å². The number of thiocarbonyl (C=S) groups is 1. The lowest BCUT2D eigenvalue weighted by Crippen LogP contribution is -2.38. The fraction of sp³-hybridized carbons (Fsp3) is 0.533. The first-order chi connectivity index (χ1) is 9.97. The molecule has 0 bridgehead atoms. The van der Waals surface area contributed by atoms with Gasteiger partial charge < -0.3 is 15.4 Å². The van der Waals surface area contributed by atoms with Gasteiger partial charge in [0, 0.05) is 25.3 Å². The maximum absolute atomic E-state index is 14.4. The Kier molecular flexibility index (Phi) is 6.98. The maximum Gasteiger partial charge on any atom is 0.182 e. The molecule has 0 radical (unpaired) electrons. The molecule has 0 amide bonds. The van der Waals surface area contributed by atoms with E-state index in [9.17, 15) is 8.78 Å². The molecular formula is C15H22F2N2OS. The SMILES string of the molecule is CCC(CC)N(CCOC)c1ccc(C(N)=S)c(F)c1F. The molecule has 0 aliphatic heterocycles. The van der Waals surface area contributed by atoms with Gasteiger partial charge in [0.1, 0.15) is 4.99 Å². The maximum atomic E-state index is 14.4. The minimum atomic E-state index is -0.992. The number of methoxy groups -OCH3 is 1. The molecule has 0 fully saturated rings. The molecule has 1 rings (SSSR count). The minimum Gasteiger partial charge on any atom is -0.389 e. The summed E-state index contributed by atoms with van der Waals surface area (Å²) in [6.45, 7) is 4.97. The highest BCUT2D eigenvalue weighted by Gasteiger charge is 2.23. The first kappa shape index (κ1) is 17.8. The minimum absolute atomic E-state index is 0.0671. The average molecular weight is 316 g/mol. The molecule has 0 heterocycles. The second-order valence-electron chi connectivity index (χ2n) is 4.78. The molecular weight excluding hydrogens is 294 g/mol. The number of anilines is 1. The number of hydrogen-bond donors (Lipinski definition) is 1. The van der Waals surface area contributed by atoms with Crippen LogP contribution in [0.3, 0.4) is 0 Å². The predicted molar refractivity (Wildman–Crippen MR) is 85.8 cm³/mol. The van der Waals surface area contributed by atoms with Gasteiger partial charge in [0.25, 0.3) is 0 Å². The molecule has 1 aromatic carbocycles. The lowest BCUT2D eigenvalue weighted by Gasteiger charge is -2.33. The van der Waals surface area contributed by atoms with Crippen LogP contribution in [-0.2, 0) is 4.74 Å². The smallest absolute Gasteiger partial charge is 0.182 e. The lowest BCUT2D eigenvalue weighted by molar-refractivity contribution is 0.202. The van der Waals surface area contributed by atoms with E-state index in [1.54, 1.807) is 7.11 Å². The van der Waals surface area contributed by atoms with E-state index in [-0.39, 0.29) is 22.3 Å². The second-order valence-corrected chi connectivity index (χ2v) is 5.22. The van der Waals surface area contributed by atoms with Crippen LogP contribution in [-0.4, -0.2) is 31.3 Å². The van der Waals surface area contributed by atoms with Crippen LogP contribution in [0.4, 0.5) is 14.5 Å². The van der Waals surface area contributed by atoms with Crippen LogP contribution >= 0.6 is 12.2 Å². The van der Waals surface area contributed by atoms with Crippen LogP contribution in [0.2, 0.25) is 0 Å². The molecule has 0 aliphatic carbocycles. The Labute approximate surface area is 130 Å². The van der Waals surface area contributed by atoms with Crippen molar-refractivity contribution in [3.8, 4) is 0 Å². The van der Waals surface area contributed by atoms with Gasteiger partial charge in [-0.2, -0.15) is 0 Å². The molecule has 0 atom stereocenters. The molecule has 2 N–H and O–H groups in total. The quantitative estimate of drug-likeness (QED) is 0.747. The van der Waals surface area contributed by atoms with Gasteiger partial charge in [0.15, 0.2) is 11.6 Å². The third-order valence-electron chi connectivity index (χ3n) is 3.56. The normalized spacial score (nSPS) is 11.0. The number of nitrogens with two attached hydrogens (primary N) is 1. The van der Waals surface area contributed by atoms with Gasteiger partial charge in [-0.3, -0.25) is 0 Å². The molecule has 3 nitrogen and oxygen atoms in total. The first-order valence-electron chi connectivity index (χ1n) is 7.01. The van der Waals surface area contributed by atoms with Crippen molar-refractivity contribution < 1.29 is 13.5 Å². The summed E-state index contributed by atoms with van der Waals surface area (Å²) in [6, 6.07) is 3.07. The second kappa shape index (κ2) is 8.24. The van der Waals surface area contributed by atoms with E-state index < -0.39 is 11.6 Å². The Hall–Kier alpha value is -1.27. The third kappa shape index (κ3) is 4.11. The molecule has 0 aliphatic rings. The third-order valence-corrected chi connectivity index (χ3v) is 3.78. The highest BCUT2D eigenvalue weighted by molar-refractivity contribution is 7.80. The molecule has 0 saturated carbocycles. The monoisotopic (exact) mass is 316 g/mol. The van der Waals surface area contributed by atoms with Crippen LogP contribution in [0.25, 0.3) is 0 Å².